The molecule has 0 radical (unpaired) electrons. The number of ether oxygens (including phenoxy) is 1. The van der Waals surface area contributed by atoms with Gasteiger partial charge in [0.05, 0.1) is 7.11 Å². The van der Waals surface area contributed by atoms with Crippen molar-refractivity contribution in [1.29, 1.82) is 0 Å². The van der Waals surface area contributed by atoms with Crippen LogP contribution in [0.4, 0.5) is 0 Å². The zero-order valence-corrected chi connectivity index (χ0v) is 9.16. The fraction of sp³-hybridized carbons (Fsp3) is 0.500. The van der Waals surface area contributed by atoms with Crippen LogP contribution in [-0.4, -0.2) is 18.3 Å². The maximum absolute atomic E-state index is 9.42. The quantitative estimate of drug-likeness (QED) is 0.792. The summed E-state index contributed by atoms with van der Waals surface area (Å²) < 4.78 is 5.05. The van der Waals surface area contributed by atoms with E-state index in [0.29, 0.717) is 11.8 Å². The molecular weight excluding hydrogens is 190 g/mol. The van der Waals surface area contributed by atoms with Crippen LogP contribution in [0.15, 0.2) is 18.2 Å². The first-order valence-electron chi connectivity index (χ1n) is 5.30. The molecule has 1 aromatic carbocycles. The van der Waals surface area contributed by atoms with Gasteiger partial charge in [0.15, 0.2) is 11.5 Å². The van der Waals surface area contributed by atoms with E-state index in [0.717, 1.165) is 18.0 Å². The van der Waals surface area contributed by atoms with Gasteiger partial charge in [-0.25, -0.2) is 0 Å². The second-order valence-corrected chi connectivity index (χ2v) is 4.21. The van der Waals surface area contributed by atoms with Crippen molar-refractivity contribution in [1.82, 2.24) is 5.32 Å². The highest BCUT2D eigenvalue weighted by molar-refractivity contribution is 5.41. The van der Waals surface area contributed by atoms with E-state index in [1.54, 1.807) is 13.2 Å². The maximum Gasteiger partial charge on any atom is 0.160 e. The molecule has 2 rings (SSSR count). The van der Waals surface area contributed by atoms with Crippen molar-refractivity contribution >= 4 is 0 Å². The summed E-state index contributed by atoms with van der Waals surface area (Å²) in [6.45, 7) is 3.08. The molecule has 0 spiro atoms. The first-order valence-corrected chi connectivity index (χ1v) is 5.30. The molecule has 2 unspecified atom stereocenters. The van der Waals surface area contributed by atoms with E-state index in [-0.39, 0.29) is 5.75 Å². The summed E-state index contributed by atoms with van der Waals surface area (Å²) in [5.74, 6) is 1.54. The minimum Gasteiger partial charge on any atom is -0.504 e. The van der Waals surface area contributed by atoms with Crippen molar-refractivity contribution in [2.45, 2.75) is 25.9 Å². The predicted octanol–water partition coefficient (Wildman–Crippen LogP) is 1.90. The van der Waals surface area contributed by atoms with Gasteiger partial charge in [0, 0.05) is 12.6 Å². The molecule has 0 bridgehead atoms. The fourth-order valence-electron chi connectivity index (χ4n) is 1.69. The lowest BCUT2D eigenvalue weighted by Gasteiger charge is -2.07. The topological polar surface area (TPSA) is 41.5 Å². The molecule has 1 aromatic rings. The van der Waals surface area contributed by atoms with Crippen LogP contribution in [0.25, 0.3) is 0 Å². The Hall–Kier alpha value is -1.22. The van der Waals surface area contributed by atoms with Gasteiger partial charge in [0.1, 0.15) is 0 Å². The van der Waals surface area contributed by atoms with Crippen LogP contribution in [0, 0.1) is 5.92 Å². The molecule has 3 heteroatoms. The molecular formula is C12H17NO2. The van der Waals surface area contributed by atoms with Crippen LogP contribution in [0.3, 0.4) is 0 Å². The minimum atomic E-state index is 0.195. The molecule has 2 N–H and O–H groups in total. The summed E-state index contributed by atoms with van der Waals surface area (Å²) in [4.78, 5) is 0. The Balaban J connectivity index is 1.96. The highest BCUT2D eigenvalue weighted by atomic mass is 16.5. The first-order chi connectivity index (χ1) is 7.20. The zero-order chi connectivity index (χ0) is 10.8. The van der Waals surface area contributed by atoms with Crippen molar-refractivity contribution in [3.05, 3.63) is 23.8 Å². The third kappa shape index (κ3) is 2.42. The Labute approximate surface area is 90.1 Å². The predicted molar refractivity (Wildman–Crippen MR) is 59.1 cm³/mol. The van der Waals surface area contributed by atoms with E-state index in [1.807, 2.05) is 12.1 Å². The smallest absolute Gasteiger partial charge is 0.160 e. The summed E-state index contributed by atoms with van der Waals surface area (Å²) in [5.41, 5.74) is 1.14. The van der Waals surface area contributed by atoms with Crippen LogP contribution in [0.5, 0.6) is 11.5 Å². The van der Waals surface area contributed by atoms with Crippen LogP contribution >= 0.6 is 0 Å². The monoisotopic (exact) mass is 207 g/mol. The SMILES string of the molecule is COc1cc(CNC2CC2C)ccc1O. The molecule has 0 aliphatic heterocycles. The third-order valence-corrected chi connectivity index (χ3v) is 2.92. The normalized spacial score (nSPS) is 23.9. The first kappa shape index (κ1) is 10.3. The average molecular weight is 207 g/mol. The number of rotatable bonds is 4. The highest BCUT2D eigenvalue weighted by Crippen LogP contribution is 2.30. The number of hydrogen-bond donors (Lipinski definition) is 2. The lowest BCUT2D eigenvalue weighted by molar-refractivity contribution is 0.372. The van der Waals surface area contributed by atoms with Gasteiger partial charge in [-0.3, -0.25) is 0 Å². The van der Waals surface area contributed by atoms with Crippen molar-refractivity contribution in [3.63, 3.8) is 0 Å². The molecule has 0 aromatic heterocycles. The van der Waals surface area contributed by atoms with Gasteiger partial charge >= 0.3 is 0 Å². The fourth-order valence-corrected chi connectivity index (χ4v) is 1.69. The van der Waals surface area contributed by atoms with Crippen molar-refractivity contribution in [3.8, 4) is 11.5 Å². The van der Waals surface area contributed by atoms with Gasteiger partial charge in [0.2, 0.25) is 0 Å². The number of methoxy groups -OCH3 is 1. The van der Waals surface area contributed by atoms with Gasteiger partial charge in [0.25, 0.3) is 0 Å². The second kappa shape index (κ2) is 4.11. The van der Waals surface area contributed by atoms with Crippen LogP contribution in [0.2, 0.25) is 0 Å². The molecule has 82 valence electrons. The molecule has 0 amide bonds. The molecule has 1 aliphatic carbocycles. The molecule has 15 heavy (non-hydrogen) atoms. The van der Waals surface area contributed by atoms with E-state index in [2.05, 4.69) is 12.2 Å². The van der Waals surface area contributed by atoms with E-state index >= 15 is 0 Å². The van der Waals surface area contributed by atoms with Gasteiger partial charge in [-0.05, 0) is 30.0 Å². The molecule has 1 aliphatic rings. The number of phenols is 1. The molecule has 3 nitrogen and oxygen atoms in total. The second-order valence-electron chi connectivity index (χ2n) is 4.21. The van der Waals surface area contributed by atoms with Gasteiger partial charge < -0.3 is 15.2 Å². The number of hydrogen-bond acceptors (Lipinski definition) is 3. The molecule has 2 atom stereocenters. The zero-order valence-electron chi connectivity index (χ0n) is 9.16. The van der Waals surface area contributed by atoms with E-state index in [1.165, 1.54) is 6.42 Å². The molecule has 1 fully saturated rings. The van der Waals surface area contributed by atoms with Crippen LogP contribution < -0.4 is 10.1 Å². The Bertz CT molecular complexity index is 351. The number of phenolic OH excluding ortho intramolecular Hbond substituents is 1. The molecule has 0 heterocycles. The Morgan fingerprint density at radius 3 is 2.87 bits per heavy atom. The summed E-state index contributed by atoms with van der Waals surface area (Å²) >= 11 is 0. The molecule has 0 saturated heterocycles. The summed E-state index contributed by atoms with van der Waals surface area (Å²) in [6, 6.07) is 6.13. The number of benzene rings is 1. The Kier molecular flexibility index (Phi) is 2.82. The number of aromatic hydroxyl groups is 1. The van der Waals surface area contributed by atoms with Crippen molar-refractivity contribution < 1.29 is 9.84 Å². The highest BCUT2D eigenvalue weighted by Gasteiger charge is 2.31. The van der Waals surface area contributed by atoms with E-state index in [4.69, 9.17) is 4.74 Å². The number of nitrogens with one attached hydrogen (secondary N) is 1. The van der Waals surface area contributed by atoms with Gasteiger partial charge in [-0.1, -0.05) is 13.0 Å². The van der Waals surface area contributed by atoms with Crippen LogP contribution in [-0.2, 0) is 6.54 Å². The standard InChI is InChI=1S/C12H17NO2/c1-8-5-10(8)13-7-9-3-4-11(14)12(6-9)15-2/h3-4,6,8,10,13-14H,5,7H2,1-2H3. The van der Waals surface area contributed by atoms with Crippen LogP contribution in [0.1, 0.15) is 18.9 Å². The maximum atomic E-state index is 9.42. The largest absolute Gasteiger partial charge is 0.504 e. The van der Waals surface area contributed by atoms with Crippen molar-refractivity contribution in [2.24, 2.45) is 5.92 Å². The summed E-state index contributed by atoms with van der Waals surface area (Å²) in [7, 11) is 1.56. The third-order valence-electron chi connectivity index (χ3n) is 2.92. The Morgan fingerprint density at radius 2 is 2.27 bits per heavy atom. The summed E-state index contributed by atoms with van der Waals surface area (Å²) in [5, 5.41) is 12.9. The average Bonchev–Trinajstić information content (AvgIpc) is 2.93. The summed E-state index contributed by atoms with van der Waals surface area (Å²) in [6.07, 6.45) is 1.27. The van der Waals surface area contributed by atoms with Gasteiger partial charge in [-0.2, -0.15) is 0 Å². The molecule has 1 saturated carbocycles. The Morgan fingerprint density at radius 1 is 1.53 bits per heavy atom. The van der Waals surface area contributed by atoms with Gasteiger partial charge in [-0.15, -0.1) is 0 Å². The van der Waals surface area contributed by atoms with E-state index in [9.17, 15) is 5.11 Å². The van der Waals surface area contributed by atoms with E-state index < -0.39 is 0 Å². The lowest BCUT2D eigenvalue weighted by atomic mass is 10.2. The minimum absolute atomic E-state index is 0.195. The van der Waals surface area contributed by atoms with Crippen molar-refractivity contribution in [2.75, 3.05) is 7.11 Å². The lowest BCUT2D eigenvalue weighted by Crippen LogP contribution is -2.16.